The molecule has 0 fully saturated rings. The first-order valence-electron chi connectivity index (χ1n) is 7.13. The standard InChI is InChI=1S/C13H26N6O.HI/c1-4-5-8-20-9-6-7-15-13(14-2)16-10-12-18-17-11-19(12)3;/h11H,4-10H2,1-3H3,(H2,14,15,16);1H. The summed E-state index contributed by atoms with van der Waals surface area (Å²) in [5, 5.41) is 14.3. The second-order valence-electron chi connectivity index (χ2n) is 4.53. The smallest absolute Gasteiger partial charge is 0.191 e. The first kappa shape index (κ1) is 20.1. The number of rotatable bonds is 9. The van der Waals surface area contributed by atoms with E-state index in [0.717, 1.165) is 44.4 Å². The van der Waals surface area contributed by atoms with Crippen LogP contribution >= 0.6 is 24.0 Å². The minimum Gasteiger partial charge on any atom is -0.381 e. The third-order valence-corrected chi connectivity index (χ3v) is 2.84. The number of halogens is 1. The summed E-state index contributed by atoms with van der Waals surface area (Å²) in [4.78, 5) is 4.16. The third kappa shape index (κ3) is 8.86. The number of guanidine groups is 1. The number of hydrogen-bond donors (Lipinski definition) is 2. The molecule has 0 spiro atoms. The number of aliphatic imine (C=N–C) groups is 1. The van der Waals surface area contributed by atoms with E-state index in [9.17, 15) is 0 Å². The Morgan fingerprint density at radius 3 is 2.71 bits per heavy atom. The molecule has 0 aliphatic rings. The van der Waals surface area contributed by atoms with Gasteiger partial charge in [-0.25, -0.2) is 0 Å². The normalized spacial score (nSPS) is 11.1. The molecule has 0 bridgehead atoms. The van der Waals surface area contributed by atoms with Gasteiger partial charge in [-0.05, 0) is 12.8 Å². The van der Waals surface area contributed by atoms with E-state index in [4.69, 9.17) is 4.74 Å². The molecule has 122 valence electrons. The van der Waals surface area contributed by atoms with Crippen molar-refractivity contribution >= 4 is 29.9 Å². The van der Waals surface area contributed by atoms with Crippen molar-refractivity contribution in [1.29, 1.82) is 0 Å². The van der Waals surface area contributed by atoms with Gasteiger partial charge in [0.1, 0.15) is 6.33 Å². The van der Waals surface area contributed by atoms with Gasteiger partial charge in [0.2, 0.25) is 0 Å². The van der Waals surface area contributed by atoms with E-state index < -0.39 is 0 Å². The molecule has 0 aromatic carbocycles. The van der Waals surface area contributed by atoms with Crippen LogP contribution in [0.25, 0.3) is 0 Å². The van der Waals surface area contributed by atoms with Crippen molar-refractivity contribution in [2.45, 2.75) is 32.7 Å². The predicted octanol–water partition coefficient (Wildman–Crippen LogP) is 1.30. The van der Waals surface area contributed by atoms with Crippen LogP contribution in [0.3, 0.4) is 0 Å². The van der Waals surface area contributed by atoms with Gasteiger partial charge in [0.25, 0.3) is 0 Å². The van der Waals surface area contributed by atoms with E-state index in [1.165, 1.54) is 6.42 Å². The lowest BCUT2D eigenvalue weighted by Crippen LogP contribution is -2.38. The summed E-state index contributed by atoms with van der Waals surface area (Å²) in [7, 11) is 3.67. The number of nitrogens with zero attached hydrogens (tertiary/aromatic N) is 4. The number of nitrogens with one attached hydrogen (secondary N) is 2. The topological polar surface area (TPSA) is 76.4 Å². The molecule has 1 heterocycles. The summed E-state index contributed by atoms with van der Waals surface area (Å²) in [6, 6.07) is 0. The first-order valence-corrected chi connectivity index (χ1v) is 7.13. The van der Waals surface area contributed by atoms with Gasteiger partial charge in [0.15, 0.2) is 11.8 Å². The Morgan fingerprint density at radius 1 is 1.33 bits per heavy atom. The molecule has 1 rings (SSSR count). The van der Waals surface area contributed by atoms with Crippen LogP contribution in [0.2, 0.25) is 0 Å². The maximum atomic E-state index is 5.50. The molecule has 0 amide bonds. The van der Waals surface area contributed by atoms with E-state index in [2.05, 4.69) is 32.7 Å². The Hall–Kier alpha value is -0.900. The van der Waals surface area contributed by atoms with Crippen LogP contribution in [0, 0.1) is 0 Å². The van der Waals surface area contributed by atoms with Crippen molar-refractivity contribution < 1.29 is 4.74 Å². The molecule has 0 saturated heterocycles. The molecule has 7 nitrogen and oxygen atoms in total. The molecule has 0 aliphatic heterocycles. The fourth-order valence-corrected chi connectivity index (χ4v) is 1.58. The monoisotopic (exact) mass is 410 g/mol. The van der Waals surface area contributed by atoms with E-state index in [0.29, 0.717) is 6.54 Å². The number of ether oxygens (including phenoxy) is 1. The van der Waals surface area contributed by atoms with Crippen LogP contribution in [0.1, 0.15) is 32.0 Å². The Balaban J connectivity index is 0.00000400. The van der Waals surface area contributed by atoms with Gasteiger partial charge in [-0.3, -0.25) is 4.99 Å². The lowest BCUT2D eigenvalue weighted by Gasteiger charge is -2.11. The Morgan fingerprint density at radius 2 is 2.10 bits per heavy atom. The van der Waals surface area contributed by atoms with Crippen LogP contribution in [0.4, 0.5) is 0 Å². The highest BCUT2D eigenvalue weighted by Gasteiger charge is 2.02. The van der Waals surface area contributed by atoms with Gasteiger partial charge in [-0.2, -0.15) is 0 Å². The number of unbranched alkanes of at least 4 members (excludes halogenated alkanes) is 1. The summed E-state index contributed by atoms with van der Waals surface area (Å²) in [6.07, 6.45) is 4.96. The molecule has 0 atom stereocenters. The van der Waals surface area contributed by atoms with E-state index >= 15 is 0 Å². The molecule has 1 aromatic rings. The van der Waals surface area contributed by atoms with Gasteiger partial charge in [-0.1, -0.05) is 13.3 Å². The van der Waals surface area contributed by atoms with Crippen LogP contribution < -0.4 is 10.6 Å². The van der Waals surface area contributed by atoms with E-state index in [-0.39, 0.29) is 24.0 Å². The molecule has 0 aliphatic carbocycles. The lowest BCUT2D eigenvalue weighted by molar-refractivity contribution is 0.129. The molecule has 0 unspecified atom stereocenters. The van der Waals surface area contributed by atoms with Crippen molar-refractivity contribution in [2.75, 3.05) is 26.8 Å². The predicted molar refractivity (Wildman–Crippen MR) is 95.0 cm³/mol. The maximum absolute atomic E-state index is 5.50. The SMILES string of the molecule is CCCCOCCCNC(=NC)NCc1nncn1C.I. The number of hydrogen-bond acceptors (Lipinski definition) is 4. The molecule has 0 saturated carbocycles. The van der Waals surface area contributed by atoms with Crippen molar-refractivity contribution in [1.82, 2.24) is 25.4 Å². The van der Waals surface area contributed by atoms with Crippen LogP contribution in [-0.2, 0) is 18.3 Å². The zero-order valence-corrected chi connectivity index (χ0v) is 15.5. The van der Waals surface area contributed by atoms with Crippen LogP contribution in [-0.4, -0.2) is 47.5 Å². The van der Waals surface area contributed by atoms with Crippen LogP contribution in [0.5, 0.6) is 0 Å². The molecule has 0 radical (unpaired) electrons. The zero-order chi connectivity index (χ0) is 14.6. The highest BCUT2D eigenvalue weighted by Crippen LogP contribution is 1.91. The number of aromatic nitrogens is 3. The molecule has 21 heavy (non-hydrogen) atoms. The van der Waals surface area contributed by atoms with Crippen molar-refractivity contribution in [3.8, 4) is 0 Å². The highest BCUT2D eigenvalue weighted by atomic mass is 127. The summed E-state index contributed by atoms with van der Waals surface area (Å²) in [6.45, 7) is 5.24. The zero-order valence-electron chi connectivity index (χ0n) is 13.1. The van der Waals surface area contributed by atoms with Crippen molar-refractivity contribution in [3.05, 3.63) is 12.2 Å². The highest BCUT2D eigenvalue weighted by molar-refractivity contribution is 14.0. The first-order chi connectivity index (χ1) is 9.77. The average Bonchev–Trinajstić information content (AvgIpc) is 2.86. The fraction of sp³-hybridized carbons (Fsp3) is 0.769. The van der Waals surface area contributed by atoms with Gasteiger partial charge in [0, 0.05) is 33.9 Å². The summed E-state index contributed by atoms with van der Waals surface area (Å²) < 4.78 is 7.38. The maximum Gasteiger partial charge on any atom is 0.191 e. The summed E-state index contributed by atoms with van der Waals surface area (Å²) in [5.41, 5.74) is 0. The van der Waals surface area contributed by atoms with Crippen molar-refractivity contribution in [3.63, 3.8) is 0 Å². The van der Waals surface area contributed by atoms with Gasteiger partial charge in [0.05, 0.1) is 6.54 Å². The largest absolute Gasteiger partial charge is 0.381 e. The summed E-state index contributed by atoms with van der Waals surface area (Å²) in [5.74, 6) is 1.64. The Labute approximate surface area is 144 Å². The minimum atomic E-state index is 0. The van der Waals surface area contributed by atoms with Crippen molar-refractivity contribution in [2.24, 2.45) is 12.0 Å². The van der Waals surface area contributed by atoms with E-state index in [1.807, 2.05) is 11.6 Å². The fourth-order valence-electron chi connectivity index (χ4n) is 1.58. The van der Waals surface area contributed by atoms with Crippen LogP contribution in [0.15, 0.2) is 11.3 Å². The quantitative estimate of drug-likeness (QED) is 0.278. The lowest BCUT2D eigenvalue weighted by atomic mass is 10.4. The minimum absolute atomic E-state index is 0. The Kier molecular flexibility index (Phi) is 12.3. The molecule has 8 heteroatoms. The average molecular weight is 410 g/mol. The van der Waals surface area contributed by atoms with Gasteiger partial charge >= 0.3 is 0 Å². The number of aryl methyl sites for hydroxylation is 1. The van der Waals surface area contributed by atoms with E-state index in [1.54, 1.807) is 13.4 Å². The second-order valence-corrected chi connectivity index (χ2v) is 4.53. The molecular weight excluding hydrogens is 383 g/mol. The van der Waals surface area contributed by atoms with Gasteiger partial charge < -0.3 is 19.9 Å². The molecular formula is C13H27IN6O. The van der Waals surface area contributed by atoms with Gasteiger partial charge in [-0.15, -0.1) is 34.2 Å². The third-order valence-electron chi connectivity index (χ3n) is 2.84. The summed E-state index contributed by atoms with van der Waals surface area (Å²) >= 11 is 0. The molecule has 2 N–H and O–H groups in total. The Bertz CT molecular complexity index is 396. The second kappa shape index (κ2) is 12.8. The molecule has 1 aromatic heterocycles.